The highest BCUT2D eigenvalue weighted by molar-refractivity contribution is 6.33. The second kappa shape index (κ2) is 4.74. The Kier molecular flexibility index (Phi) is 3.41. The summed E-state index contributed by atoms with van der Waals surface area (Å²) in [5, 5.41) is 12.6. The molecular formula is C13H15ClN2O3. The molecule has 1 saturated carbocycles. The Morgan fingerprint density at radius 2 is 2.11 bits per heavy atom. The lowest BCUT2D eigenvalue weighted by atomic mass is 9.95. The van der Waals surface area contributed by atoms with Gasteiger partial charge in [-0.3, -0.25) is 4.79 Å². The van der Waals surface area contributed by atoms with E-state index in [2.05, 4.69) is 5.32 Å². The van der Waals surface area contributed by atoms with Crippen molar-refractivity contribution in [1.29, 1.82) is 0 Å². The monoisotopic (exact) mass is 282 g/mol. The summed E-state index contributed by atoms with van der Waals surface area (Å²) in [6, 6.07) is 4.53. The van der Waals surface area contributed by atoms with Gasteiger partial charge in [-0.15, -0.1) is 0 Å². The molecule has 0 spiro atoms. The van der Waals surface area contributed by atoms with Crippen LogP contribution in [0.4, 0.5) is 5.69 Å². The summed E-state index contributed by atoms with van der Waals surface area (Å²) in [6.07, 6.45) is 1.76. The van der Waals surface area contributed by atoms with Crippen molar-refractivity contribution < 1.29 is 14.7 Å². The summed E-state index contributed by atoms with van der Waals surface area (Å²) in [5.74, 6) is -1.39. The number of hydrogen-bond acceptors (Lipinski definition) is 3. The van der Waals surface area contributed by atoms with Crippen molar-refractivity contribution in [2.45, 2.75) is 25.3 Å². The molecule has 19 heavy (non-hydrogen) atoms. The number of primary amides is 1. The number of carboxylic acids is 1. The molecule has 1 aromatic carbocycles. The summed E-state index contributed by atoms with van der Waals surface area (Å²) in [7, 11) is 0. The zero-order chi connectivity index (χ0) is 14.2. The van der Waals surface area contributed by atoms with E-state index >= 15 is 0 Å². The van der Waals surface area contributed by atoms with Gasteiger partial charge in [0.15, 0.2) is 0 Å². The van der Waals surface area contributed by atoms with Gasteiger partial charge >= 0.3 is 5.97 Å². The highest BCUT2D eigenvalue weighted by Crippen LogP contribution is 2.42. The lowest BCUT2D eigenvalue weighted by molar-refractivity contribution is -0.142. The number of carboxylic acid groups (broad SMARTS) is 1. The topological polar surface area (TPSA) is 92.4 Å². The summed E-state index contributed by atoms with van der Waals surface area (Å²) in [4.78, 5) is 22.4. The highest BCUT2D eigenvalue weighted by atomic mass is 35.5. The molecule has 1 atom stereocenters. The second-order valence-electron chi connectivity index (χ2n) is 4.97. The standard InChI is InChI=1S/C13H15ClN2O3/c1-13(12(18)19,8-3-4-8)16-10-5-2-7(11(15)17)6-9(10)14/h2,5-6,8,16H,3-4H2,1H3,(H2,15,17)(H,18,19). The van der Waals surface area contributed by atoms with E-state index in [1.807, 2.05) is 0 Å². The Bertz CT molecular complexity index is 543. The second-order valence-corrected chi connectivity index (χ2v) is 5.37. The van der Waals surface area contributed by atoms with Crippen LogP contribution in [0.2, 0.25) is 5.02 Å². The van der Waals surface area contributed by atoms with Gasteiger partial charge in [-0.25, -0.2) is 4.79 Å². The number of carbonyl (C=O) groups is 2. The Balaban J connectivity index is 2.27. The molecule has 1 amide bonds. The molecule has 5 nitrogen and oxygen atoms in total. The van der Waals surface area contributed by atoms with Crippen LogP contribution in [0.1, 0.15) is 30.1 Å². The fourth-order valence-electron chi connectivity index (χ4n) is 2.04. The molecule has 0 heterocycles. The third-order valence-electron chi connectivity index (χ3n) is 3.49. The maximum Gasteiger partial charge on any atom is 0.329 e. The zero-order valence-corrected chi connectivity index (χ0v) is 11.2. The Morgan fingerprint density at radius 1 is 1.47 bits per heavy atom. The average Bonchev–Trinajstić information content (AvgIpc) is 3.15. The van der Waals surface area contributed by atoms with Crippen LogP contribution in [0, 0.1) is 5.92 Å². The van der Waals surface area contributed by atoms with Gasteiger partial charge < -0.3 is 16.2 Å². The SMILES string of the molecule is CC(Nc1ccc(C(N)=O)cc1Cl)(C(=O)O)C1CC1. The number of nitrogens with one attached hydrogen (secondary N) is 1. The molecule has 0 aromatic heterocycles. The first-order valence-corrected chi connectivity index (χ1v) is 6.33. The van der Waals surface area contributed by atoms with Gasteiger partial charge in [0.2, 0.25) is 5.91 Å². The van der Waals surface area contributed by atoms with E-state index in [-0.39, 0.29) is 10.9 Å². The third-order valence-corrected chi connectivity index (χ3v) is 3.80. The average molecular weight is 283 g/mol. The Labute approximate surface area is 115 Å². The number of anilines is 1. The maximum atomic E-state index is 11.4. The minimum absolute atomic E-state index is 0.0943. The van der Waals surface area contributed by atoms with Crippen molar-refractivity contribution in [2.75, 3.05) is 5.32 Å². The number of benzene rings is 1. The molecule has 1 aromatic rings. The van der Waals surface area contributed by atoms with E-state index in [0.29, 0.717) is 11.3 Å². The number of rotatable bonds is 5. The van der Waals surface area contributed by atoms with Crippen molar-refractivity contribution >= 4 is 29.2 Å². The number of halogens is 1. The van der Waals surface area contributed by atoms with Gasteiger partial charge in [-0.1, -0.05) is 11.6 Å². The first kappa shape index (κ1) is 13.7. The number of nitrogens with two attached hydrogens (primary N) is 1. The number of hydrogen-bond donors (Lipinski definition) is 3. The normalized spacial score (nSPS) is 17.6. The van der Waals surface area contributed by atoms with E-state index in [4.69, 9.17) is 17.3 Å². The van der Waals surface area contributed by atoms with Crippen LogP contribution in [0.3, 0.4) is 0 Å². The van der Waals surface area contributed by atoms with Crippen molar-refractivity contribution in [3.63, 3.8) is 0 Å². The summed E-state index contributed by atoms with van der Waals surface area (Å²) < 4.78 is 0. The summed E-state index contributed by atoms with van der Waals surface area (Å²) in [5.41, 5.74) is 4.89. The minimum Gasteiger partial charge on any atom is -0.480 e. The van der Waals surface area contributed by atoms with Crippen molar-refractivity contribution in [3.05, 3.63) is 28.8 Å². The largest absolute Gasteiger partial charge is 0.480 e. The first-order valence-electron chi connectivity index (χ1n) is 5.95. The Hall–Kier alpha value is -1.75. The van der Waals surface area contributed by atoms with Gasteiger partial charge in [-0.2, -0.15) is 0 Å². The third kappa shape index (κ3) is 2.66. The number of carbonyl (C=O) groups excluding carboxylic acids is 1. The molecule has 0 radical (unpaired) electrons. The van der Waals surface area contributed by atoms with Crippen molar-refractivity contribution in [2.24, 2.45) is 11.7 Å². The molecule has 1 aliphatic carbocycles. The lowest BCUT2D eigenvalue weighted by Gasteiger charge is -2.28. The summed E-state index contributed by atoms with van der Waals surface area (Å²) in [6.45, 7) is 1.64. The maximum absolute atomic E-state index is 11.4. The van der Waals surface area contributed by atoms with Crippen LogP contribution in [-0.4, -0.2) is 22.5 Å². The molecule has 2 rings (SSSR count). The van der Waals surface area contributed by atoms with E-state index in [0.717, 1.165) is 12.8 Å². The molecule has 4 N–H and O–H groups in total. The lowest BCUT2D eigenvalue weighted by Crippen LogP contribution is -2.45. The quantitative estimate of drug-likeness (QED) is 0.771. The molecule has 1 aliphatic rings. The zero-order valence-electron chi connectivity index (χ0n) is 10.4. The predicted molar refractivity (Wildman–Crippen MR) is 72.4 cm³/mol. The van der Waals surface area contributed by atoms with Crippen LogP contribution in [0.25, 0.3) is 0 Å². The van der Waals surface area contributed by atoms with E-state index in [9.17, 15) is 14.7 Å². The van der Waals surface area contributed by atoms with Crippen molar-refractivity contribution in [3.8, 4) is 0 Å². The minimum atomic E-state index is -1.04. The van der Waals surface area contributed by atoms with Crippen molar-refractivity contribution in [1.82, 2.24) is 0 Å². The van der Waals surface area contributed by atoms with Crippen LogP contribution in [0.5, 0.6) is 0 Å². The van der Waals surface area contributed by atoms with Crippen LogP contribution >= 0.6 is 11.6 Å². The van der Waals surface area contributed by atoms with Gasteiger partial charge in [0.05, 0.1) is 10.7 Å². The molecule has 1 fully saturated rings. The van der Waals surface area contributed by atoms with Crippen LogP contribution in [-0.2, 0) is 4.79 Å². The number of amides is 1. The van der Waals surface area contributed by atoms with E-state index < -0.39 is 17.4 Å². The van der Waals surface area contributed by atoms with E-state index in [1.54, 1.807) is 13.0 Å². The van der Waals surface area contributed by atoms with Gasteiger partial charge in [0.25, 0.3) is 0 Å². The molecular weight excluding hydrogens is 268 g/mol. The van der Waals surface area contributed by atoms with E-state index in [1.165, 1.54) is 12.1 Å². The smallest absolute Gasteiger partial charge is 0.329 e. The predicted octanol–water partition coefficient (Wildman–Crippen LogP) is 2.10. The van der Waals surface area contributed by atoms with Gasteiger partial charge in [0, 0.05) is 5.56 Å². The molecule has 1 unspecified atom stereocenters. The molecule has 6 heteroatoms. The Morgan fingerprint density at radius 3 is 2.53 bits per heavy atom. The first-order chi connectivity index (χ1) is 8.84. The highest BCUT2D eigenvalue weighted by Gasteiger charge is 2.47. The fourth-order valence-corrected chi connectivity index (χ4v) is 2.27. The van der Waals surface area contributed by atoms with Crippen LogP contribution in [0.15, 0.2) is 18.2 Å². The molecule has 0 bridgehead atoms. The molecule has 0 saturated heterocycles. The molecule has 0 aliphatic heterocycles. The fraction of sp³-hybridized carbons (Fsp3) is 0.385. The summed E-state index contributed by atoms with van der Waals surface area (Å²) >= 11 is 6.05. The number of aliphatic carboxylic acids is 1. The van der Waals surface area contributed by atoms with Gasteiger partial charge in [-0.05, 0) is 43.9 Å². The van der Waals surface area contributed by atoms with Crippen LogP contribution < -0.4 is 11.1 Å². The molecule has 102 valence electrons. The van der Waals surface area contributed by atoms with Gasteiger partial charge in [0.1, 0.15) is 5.54 Å².